The molecule has 20 heavy (non-hydrogen) atoms. The number of piperidine rings is 1. The van der Waals surface area contributed by atoms with Gasteiger partial charge in [0.1, 0.15) is 0 Å². The van der Waals surface area contributed by atoms with Crippen LogP contribution in [0, 0.1) is 5.92 Å². The summed E-state index contributed by atoms with van der Waals surface area (Å²) < 4.78 is 4.98. The molecule has 0 radical (unpaired) electrons. The Balaban J connectivity index is 1.83. The highest BCUT2D eigenvalue weighted by molar-refractivity contribution is 7.10. The van der Waals surface area contributed by atoms with Gasteiger partial charge in [0.15, 0.2) is 0 Å². The molecule has 0 aromatic carbocycles. The molecule has 0 N–H and O–H groups in total. The summed E-state index contributed by atoms with van der Waals surface area (Å²) in [5, 5.41) is 1.99. The van der Waals surface area contributed by atoms with E-state index in [2.05, 4.69) is 0 Å². The highest BCUT2D eigenvalue weighted by Gasteiger charge is 2.25. The molecule has 0 aliphatic carbocycles. The maximum Gasteiger partial charge on any atom is 0.306 e. The van der Waals surface area contributed by atoms with Crippen molar-refractivity contribution >= 4 is 23.2 Å². The molecule has 2 heterocycles. The van der Waals surface area contributed by atoms with Crippen LogP contribution in [0.1, 0.15) is 31.1 Å². The summed E-state index contributed by atoms with van der Waals surface area (Å²) in [5.41, 5.74) is 0. The first-order chi connectivity index (χ1) is 9.69. The molecule has 2 rings (SSSR count). The fraction of sp³-hybridized carbons (Fsp3) is 0.600. The van der Waals surface area contributed by atoms with Gasteiger partial charge in [-0.1, -0.05) is 6.07 Å². The van der Waals surface area contributed by atoms with Crippen LogP contribution < -0.4 is 0 Å². The third-order valence-electron chi connectivity index (χ3n) is 3.54. The minimum absolute atomic E-state index is 0.148. The average Bonchev–Trinajstić information content (AvgIpc) is 2.92. The molecule has 0 saturated carbocycles. The van der Waals surface area contributed by atoms with Gasteiger partial charge < -0.3 is 9.64 Å². The number of hydrogen-bond donors (Lipinski definition) is 0. The van der Waals surface area contributed by atoms with E-state index in [4.69, 9.17) is 4.74 Å². The summed E-state index contributed by atoms with van der Waals surface area (Å²) in [6.07, 6.45) is 2.88. The molecule has 1 saturated heterocycles. The van der Waals surface area contributed by atoms with Crippen molar-refractivity contribution in [2.75, 3.05) is 19.7 Å². The van der Waals surface area contributed by atoms with Gasteiger partial charge in [0.2, 0.25) is 5.91 Å². The summed E-state index contributed by atoms with van der Waals surface area (Å²) in [7, 11) is 0. The number of carbonyl (C=O) groups excluding carboxylic acids is 2. The molecule has 1 amide bonds. The zero-order valence-corrected chi connectivity index (χ0v) is 12.7. The Hall–Kier alpha value is -1.36. The third-order valence-corrected chi connectivity index (χ3v) is 4.41. The normalized spacial score (nSPS) is 18.9. The predicted molar refractivity (Wildman–Crippen MR) is 78.6 cm³/mol. The van der Waals surface area contributed by atoms with Gasteiger partial charge in [-0.25, -0.2) is 0 Å². The van der Waals surface area contributed by atoms with Gasteiger partial charge in [-0.15, -0.1) is 11.3 Å². The largest absolute Gasteiger partial charge is 0.466 e. The number of amides is 1. The lowest BCUT2D eigenvalue weighted by molar-refractivity contribution is -0.145. The van der Waals surface area contributed by atoms with E-state index in [1.807, 2.05) is 29.3 Å². The fourth-order valence-corrected chi connectivity index (χ4v) is 3.28. The molecule has 110 valence electrons. The van der Waals surface area contributed by atoms with Crippen LogP contribution in [0.3, 0.4) is 0 Å². The van der Waals surface area contributed by atoms with E-state index < -0.39 is 0 Å². The number of likely N-dealkylation sites (tertiary alicyclic amines) is 1. The summed E-state index contributed by atoms with van der Waals surface area (Å²) in [6.45, 7) is 3.73. The molecule has 1 fully saturated rings. The lowest BCUT2D eigenvalue weighted by Gasteiger charge is -2.32. The van der Waals surface area contributed by atoms with Crippen LogP contribution in [0.5, 0.6) is 0 Å². The number of rotatable bonds is 5. The zero-order chi connectivity index (χ0) is 14.4. The van der Waals surface area contributed by atoms with E-state index in [1.54, 1.807) is 11.3 Å². The van der Waals surface area contributed by atoms with Crippen molar-refractivity contribution in [2.24, 2.45) is 5.92 Å². The first-order valence-corrected chi connectivity index (χ1v) is 8.02. The average molecular weight is 295 g/mol. The molecule has 1 unspecified atom stereocenters. The quantitative estimate of drug-likeness (QED) is 0.784. The van der Waals surface area contributed by atoms with Gasteiger partial charge in [-0.3, -0.25) is 9.59 Å². The van der Waals surface area contributed by atoms with Crippen LogP contribution in [0.25, 0.3) is 0 Å². The van der Waals surface area contributed by atoms with E-state index in [1.165, 1.54) is 0 Å². The van der Waals surface area contributed by atoms with Gasteiger partial charge in [-0.05, 0) is 37.1 Å². The molecule has 1 aliphatic heterocycles. The molecule has 0 spiro atoms. The Morgan fingerprint density at radius 3 is 3.05 bits per heavy atom. The van der Waals surface area contributed by atoms with Crippen molar-refractivity contribution in [1.29, 1.82) is 0 Å². The van der Waals surface area contributed by atoms with Gasteiger partial charge >= 0.3 is 5.97 Å². The minimum atomic E-state index is -0.148. The Morgan fingerprint density at radius 2 is 2.35 bits per heavy atom. The molecule has 1 aromatic heterocycles. The molecule has 1 aromatic rings. The van der Waals surface area contributed by atoms with Gasteiger partial charge in [0.25, 0.3) is 0 Å². The Morgan fingerprint density at radius 1 is 1.50 bits per heavy atom. The number of carbonyl (C=O) groups is 2. The van der Waals surface area contributed by atoms with Gasteiger partial charge in [0, 0.05) is 18.0 Å². The number of ether oxygens (including phenoxy) is 1. The highest BCUT2D eigenvalue weighted by Crippen LogP contribution is 2.21. The predicted octanol–water partition coefficient (Wildman–Crippen LogP) is 2.48. The van der Waals surface area contributed by atoms with E-state index in [0.29, 0.717) is 26.0 Å². The van der Waals surface area contributed by atoms with Gasteiger partial charge in [0.05, 0.1) is 19.4 Å². The van der Waals surface area contributed by atoms with Gasteiger partial charge in [-0.2, -0.15) is 0 Å². The maximum atomic E-state index is 12.2. The Labute approximate surface area is 123 Å². The van der Waals surface area contributed by atoms with Crippen molar-refractivity contribution in [3.8, 4) is 0 Å². The minimum Gasteiger partial charge on any atom is -0.466 e. The Kier molecular flexibility index (Phi) is 5.59. The third kappa shape index (κ3) is 4.34. The maximum absolute atomic E-state index is 12.2. The van der Waals surface area contributed by atoms with Crippen LogP contribution in [-0.2, 0) is 20.7 Å². The summed E-state index contributed by atoms with van der Waals surface area (Å²) in [5.74, 6) is 0.265. The fourth-order valence-electron chi connectivity index (χ4n) is 2.59. The lowest BCUT2D eigenvalue weighted by atomic mass is 9.94. The zero-order valence-electron chi connectivity index (χ0n) is 11.8. The topological polar surface area (TPSA) is 46.6 Å². The van der Waals surface area contributed by atoms with Crippen LogP contribution in [-0.4, -0.2) is 36.5 Å². The number of esters is 1. The standard InChI is InChI=1S/C15H21NO3S/c1-2-19-15(18)9-12-5-3-7-16(11-12)14(17)10-13-6-4-8-20-13/h4,6,8,12H,2-3,5,7,9-11H2,1H3. The van der Waals surface area contributed by atoms with Crippen molar-refractivity contribution in [2.45, 2.75) is 32.6 Å². The number of nitrogens with zero attached hydrogens (tertiary/aromatic N) is 1. The smallest absolute Gasteiger partial charge is 0.306 e. The molecule has 1 aliphatic rings. The molecule has 5 heteroatoms. The van der Waals surface area contributed by atoms with Crippen molar-refractivity contribution < 1.29 is 14.3 Å². The summed E-state index contributed by atoms with van der Waals surface area (Å²) in [4.78, 5) is 26.8. The Bertz CT molecular complexity index is 444. The molecular weight excluding hydrogens is 274 g/mol. The lowest BCUT2D eigenvalue weighted by Crippen LogP contribution is -2.41. The molecule has 0 bridgehead atoms. The second kappa shape index (κ2) is 7.43. The number of hydrogen-bond acceptors (Lipinski definition) is 4. The summed E-state index contributed by atoms with van der Waals surface area (Å²) in [6, 6.07) is 3.95. The van der Waals surface area contributed by atoms with E-state index in [9.17, 15) is 9.59 Å². The highest BCUT2D eigenvalue weighted by atomic mass is 32.1. The molecule has 1 atom stereocenters. The first kappa shape index (κ1) is 15.0. The molecule has 4 nitrogen and oxygen atoms in total. The van der Waals surface area contributed by atoms with E-state index in [0.717, 1.165) is 24.3 Å². The van der Waals surface area contributed by atoms with Crippen molar-refractivity contribution in [1.82, 2.24) is 4.90 Å². The van der Waals surface area contributed by atoms with Crippen molar-refractivity contribution in [3.63, 3.8) is 0 Å². The number of thiophene rings is 1. The SMILES string of the molecule is CCOC(=O)CC1CCCN(C(=O)Cc2cccs2)C1. The van der Waals surface area contributed by atoms with E-state index >= 15 is 0 Å². The summed E-state index contributed by atoms with van der Waals surface area (Å²) >= 11 is 1.61. The van der Waals surface area contributed by atoms with Crippen LogP contribution >= 0.6 is 11.3 Å². The van der Waals surface area contributed by atoms with Crippen LogP contribution in [0.15, 0.2) is 17.5 Å². The second-order valence-corrected chi connectivity index (χ2v) is 6.15. The van der Waals surface area contributed by atoms with Crippen molar-refractivity contribution in [3.05, 3.63) is 22.4 Å². The monoisotopic (exact) mass is 295 g/mol. The second-order valence-electron chi connectivity index (χ2n) is 5.11. The van der Waals surface area contributed by atoms with E-state index in [-0.39, 0.29) is 17.8 Å². The molecular formula is C15H21NO3S. The van der Waals surface area contributed by atoms with Crippen LogP contribution in [0.4, 0.5) is 0 Å². The first-order valence-electron chi connectivity index (χ1n) is 7.14. The van der Waals surface area contributed by atoms with Crippen LogP contribution in [0.2, 0.25) is 0 Å².